The molecule has 0 unspecified atom stereocenters. The number of unbranched alkanes of at least 4 members (excludes halogenated alkanes) is 18. The van der Waals surface area contributed by atoms with E-state index in [0.717, 1.165) is 0 Å². The zero-order valence-corrected chi connectivity index (χ0v) is 23.4. The monoisotopic (exact) mass is 489 g/mol. The topological polar surface area (TPSA) is 0 Å². The molecule has 0 atom stereocenters. The average Bonchev–Trinajstić information content (AvgIpc) is 2.72. The van der Waals surface area contributed by atoms with E-state index in [-0.39, 0.29) is 17.0 Å². The zero-order chi connectivity index (χ0) is 22.1. The second kappa shape index (κ2) is 29.2. The van der Waals surface area contributed by atoms with Gasteiger partial charge in [0.15, 0.2) is 0 Å². The van der Waals surface area contributed by atoms with Crippen molar-refractivity contribution in [3.63, 3.8) is 0 Å². The maximum absolute atomic E-state index is 3.00. The van der Waals surface area contributed by atoms with Crippen molar-refractivity contribution in [2.75, 3.05) is 27.2 Å². The van der Waals surface area contributed by atoms with Gasteiger partial charge < -0.3 is 21.5 Å². The lowest BCUT2D eigenvalue weighted by Gasteiger charge is -2.30. The fourth-order valence-electron chi connectivity index (χ4n) is 4.17. The number of quaternary nitrogens is 1. The summed E-state index contributed by atoms with van der Waals surface area (Å²) in [4.78, 5) is 0. The van der Waals surface area contributed by atoms with Crippen LogP contribution in [-0.2, 0) is 0 Å². The molecule has 1 nitrogen and oxygen atoms in total. The summed E-state index contributed by atoms with van der Waals surface area (Å²) in [6.45, 7) is 13.4. The Hall–Kier alpha value is 0.180. The van der Waals surface area contributed by atoms with Crippen LogP contribution in [-0.4, -0.2) is 31.7 Å². The standard InChI is InChI=1S/C26H56N.C2H4.BrH/c1-5-7-9-11-13-15-17-19-21-23-25-27(3,4)26-24-22-20-18-16-14-12-10-8-6-2;1-2;/h5-26H2,1-4H3;1-2H2;1H/q+1;;/p-1. The largest absolute Gasteiger partial charge is 1.00 e. The van der Waals surface area contributed by atoms with Crippen molar-refractivity contribution >= 4 is 0 Å². The highest BCUT2D eigenvalue weighted by atomic mass is 79.9. The third-order valence-electron chi connectivity index (χ3n) is 6.23. The van der Waals surface area contributed by atoms with Gasteiger partial charge in [-0.25, -0.2) is 0 Å². The highest BCUT2D eigenvalue weighted by Gasteiger charge is 2.13. The second-order valence-corrected chi connectivity index (χ2v) is 9.75. The predicted molar refractivity (Wildman–Crippen MR) is 137 cm³/mol. The van der Waals surface area contributed by atoms with Crippen molar-refractivity contribution in [1.29, 1.82) is 0 Å². The van der Waals surface area contributed by atoms with Gasteiger partial charge in [-0.1, -0.05) is 117 Å². The van der Waals surface area contributed by atoms with E-state index >= 15 is 0 Å². The van der Waals surface area contributed by atoms with Gasteiger partial charge in [0.25, 0.3) is 0 Å². The zero-order valence-electron chi connectivity index (χ0n) is 21.8. The van der Waals surface area contributed by atoms with Crippen LogP contribution >= 0.6 is 0 Å². The van der Waals surface area contributed by atoms with Gasteiger partial charge in [0, 0.05) is 0 Å². The van der Waals surface area contributed by atoms with Crippen LogP contribution in [0, 0.1) is 0 Å². The number of halogens is 1. The summed E-state index contributed by atoms with van der Waals surface area (Å²) in [6.07, 6.45) is 29.0. The molecule has 0 fully saturated rings. The SMILES string of the molecule is C=C.CCCCCCCCCCCC[N+](C)(C)CCCCCCCCCCCC.[Br-]. The molecule has 0 saturated carbocycles. The summed E-state index contributed by atoms with van der Waals surface area (Å²) in [5, 5.41) is 0. The van der Waals surface area contributed by atoms with Gasteiger partial charge in [-0.2, -0.15) is 0 Å². The van der Waals surface area contributed by atoms with Crippen LogP contribution in [0.3, 0.4) is 0 Å². The molecule has 0 aliphatic heterocycles. The first-order valence-electron chi connectivity index (χ1n) is 13.4. The molecule has 0 aromatic carbocycles. The predicted octanol–water partition coefficient (Wildman–Crippen LogP) is 6.71. The molecule has 0 radical (unpaired) electrons. The van der Waals surface area contributed by atoms with Crippen LogP contribution in [0.4, 0.5) is 0 Å². The highest BCUT2D eigenvalue weighted by molar-refractivity contribution is 4.50. The maximum atomic E-state index is 3.00. The first kappa shape index (κ1) is 34.8. The van der Waals surface area contributed by atoms with Gasteiger partial charge in [-0.15, -0.1) is 13.2 Å². The number of hydrogen-bond donors (Lipinski definition) is 0. The molecule has 30 heavy (non-hydrogen) atoms. The molecule has 0 spiro atoms. The Balaban J connectivity index is -0.00000235. The molecule has 0 saturated heterocycles. The molecule has 0 bridgehead atoms. The Bertz CT molecular complexity index is 264. The van der Waals surface area contributed by atoms with Crippen molar-refractivity contribution in [2.24, 2.45) is 0 Å². The van der Waals surface area contributed by atoms with Crippen LogP contribution in [0.1, 0.15) is 142 Å². The molecule has 0 heterocycles. The van der Waals surface area contributed by atoms with E-state index in [0.29, 0.717) is 0 Å². The number of hydrogen-bond acceptors (Lipinski definition) is 0. The van der Waals surface area contributed by atoms with E-state index in [1.54, 1.807) is 0 Å². The van der Waals surface area contributed by atoms with Crippen LogP contribution in [0.5, 0.6) is 0 Å². The summed E-state index contributed by atoms with van der Waals surface area (Å²) in [5.74, 6) is 0. The molecule has 0 aliphatic carbocycles. The summed E-state index contributed by atoms with van der Waals surface area (Å²) >= 11 is 0. The lowest BCUT2D eigenvalue weighted by molar-refractivity contribution is -0.890. The third kappa shape index (κ3) is 30.4. The summed E-state index contributed by atoms with van der Waals surface area (Å²) in [6, 6.07) is 0. The molecule has 0 aromatic heterocycles. The lowest BCUT2D eigenvalue weighted by Crippen LogP contribution is -3.00. The molecule has 184 valence electrons. The Morgan fingerprint density at radius 1 is 0.400 bits per heavy atom. The minimum Gasteiger partial charge on any atom is -1.00 e. The van der Waals surface area contributed by atoms with Gasteiger partial charge in [0.1, 0.15) is 0 Å². The summed E-state index contributed by atoms with van der Waals surface area (Å²) in [7, 11) is 4.89. The van der Waals surface area contributed by atoms with Crippen molar-refractivity contribution in [2.45, 2.75) is 142 Å². The maximum Gasteiger partial charge on any atom is 0.0782 e. The smallest absolute Gasteiger partial charge is 0.0782 e. The van der Waals surface area contributed by atoms with E-state index in [1.807, 2.05) is 0 Å². The van der Waals surface area contributed by atoms with Gasteiger partial charge >= 0.3 is 0 Å². The van der Waals surface area contributed by atoms with Crippen LogP contribution in [0.25, 0.3) is 0 Å². The Morgan fingerprint density at radius 2 is 0.600 bits per heavy atom. The normalized spacial score (nSPS) is 10.9. The average molecular weight is 491 g/mol. The van der Waals surface area contributed by atoms with E-state index in [4.69, 9.17) is 0 Å². The van der Waals surface area contributed by atoms with Gasteiger partial charge in [0.2, 0.25) is 0 Å². The fraction of sp³-hybridized carbons (Fsp3) is 0.929. The fourth-order valence-corrected chi connectivity index (χ4v) is 4.17. The molecule has 0 aliphatic rings. The minimum absolute atomic E-state index is 0. The Morgan fingerprint density at radius 3 is 0.833 bits per heavy atom. The van der Waals surface area contributed by atoms with Crippen LogP contribution < -0.4 is 17.0 Å². The van der Waals surface area contributed by atoms with Crippen LogP contribution in [0.15, 0.2) is 13.2 Å². The molecule has 2 heteroatoms. The summed E-state index contributed by atoms with van der Waals surface area (Å²) in [5.41, 5.74) is 0. The number of rotatable bonds is 22. The third-order valence-corrected chi connectivity index (χ3v) is 6.23. The van der Waals surface area contributed by atoms with E-state index in [1.165, 1.54) is 146 Å². The molecule has 0 amide bonds. The Kier molecular flexibility index (Phi) is 33.8. The molecular weight excluding hydrogens is 430 g/mol. The first-order valence-corrected chi connectivity index (χ1v) is 13.4. The first-order chi connectivity index (χ1) is 14.1. The van der Waals surface area contributed by atoms with Crippen molar-refractivity contribution < 1.29 is 21.5 Å². The second-order valence-electron chi connectivity index (χ2n) is 9.75. The lowest BCUT2D eigenvalue weighted by atomic mass is 10.1. The minimum atomic E-state index is 0. The molecule has 0 N–H and O–H groups in total. The quantitative estimate of drug-likeness (QED) is 0.0899. The van der Waals surface area contributed by atoms with E-state index < -0.39 is 0 Å². The molecule has 0 aromatic rings. The van der Waals surface area contributed by atoms with Crippen molar-refractivity contribution in [1.82, 2.24) is 0 Å². The van der Waals surface area contributed by atoms with E-state index in [2.05, 4.69) is 41.1 Å². The molecular formula is C28H60BrN. The van der Waals surface area contributed by atoms with Gasteiger partial charge in [-0.3, -0.25) is 0 Å². The Labute approximate surface area is 203 Å². The highest BCUT2D eigenvalue weighted by Crippen LogP contribution is 2.14. The van der Waals surface area contributed by atoms with Crippen LogP contribution in [0.2, 0.25) is 0 Å². The van der Waals surface area contributed by atoms with Gasteiger partial charge in [-0.05, 0) is 25.7 Å². The molecule has 0 rings (SSSR count). The van der Waals surface area contributed by atoms with Crippen molar-refractivity contribution in [3.05, 3.63) is 13.2 Å². The summed E-state index contributed by atoms with van der Waals surface area (Å²) < 4.78 is 1.24. The van der Waals surface area contributed by atoms with E-state index in [9.17, 15) is 0 Å². The van der Waals surface area contributed by atoms with Gasteiger partial charge in [0.05, 0.1) is 27.2 Å². The van der Waals surface area contributed by atoms with Crippen molar-refractivity contribution in [3.8, 4) is 0 Å². The number of nitrogens with zero attached hydrogens (tertiary/aromatic N) is 1.